The van der Waals surface area contributed by atoms with Gasteiger partial charge in [-0.1, -0.05) is 13.0 Å². The fourth-order valence-corrected chi connectivity index (χ4v) is 4.23. The van der Waals surface area contributed by atoms with Crippen molar-refractivity contribution in [2.45, 2.75) is 38.1 Å². The summed E-state index contributed by atoms with van der Waals surface area (Å²) in [6, 6.07) is 6.78. The van der Waals surface area contributed by atoms with Gasteiger partial charge in [-0.15, -0.1) is 11.3 Å². The maximum absolute atomic E-state index is 5.35. The Balaban J connectivity index is 1.94. The SMILES string of the molecule is CCNC(c1cc(OC)cs1)C1CCCc2cccnc21. The number of methoxy groups -OCH3 is 1. The topological polar surface area (TPSA) is 34.1 Å². The Hall–Kier alpha value is -1.39. The van der Waals surface area contributed by atoms with Gasteiger partial charge < -0.3 is 10.1 Å². The van der Waals surface area contributed by atoms with E-state index in [0.29, 0.717) is 12.0 Å². The molecule has 0 aliphatic heterocycles. The number of likely N-dealkylation sites (N-methyl/N-ethyl adjacent to an activating group) is 1. The van der Waals surface area contributed by atoms with Crippen molar-refractivity contribution in [3.63, 3.8) is 0 Å². The predicted octanol–water partition coefficient (Wildman–Crippen LogP) is 3.92. The first kappa shape index (κ1) is 14.5. The van der Waals surface area contributed by atoms with E-state index in [4.69, 9.17) is 4.74 Å². The summed E-state index contributed by atoms with van der Waals surface area (Å²) in [7, 11) is 1.73. The van der Waals surface area contributed by atoms with Crippen molar-refractivity contribution in [3.05, 3.63) is 45.9 Å². The quantitative estimate of drug-likeness (QED) is 0.909. The zero-order chi connectivity index (χ0) is 14.7. The molecule has 0 bridgehead atoms. The lowest BCUT2D eigenvalue weighted by Crippen LogP contribution is -2.29. The smallest absolute Gasteiger partial charge is 0.129 e. The largest absolute Gasteiger partial charge is 0.496 e. The highest BCUT2D eigenvalue weighted by Gasteiger charge is 2.30. The summed E-state index contributed by atoms with van der Waals surface area (Å²) >= 11 is 1.78. The van der Waals surface area contributed by atoms with Gasteiger partial charge in [-0.25, -0.2) is 0 Å². The molecule has 0 aromatic carbocycles. The predicted molar refractivity (Wildman–Crippen MR) is 87.2 cm³/mol. The Morgan fingerprint density at radius 2 is 2.43 bits per heavy atom. The second-order valence-electron chi connectivity index (χ2n) is 5.47. The first-order valence-electron chi connectivity index (χ1n) is 7.63. The van der Waals surface area contributed by atoms with Crippen LogP contribution in [0, 0.1) is 0 Å². The van der Waals surface area contributed by atoms with E-state index in [9.17, 15) is 0 Å². The third-order valence-electron chi connectivity index (χ3n) is 4.20. The van der Waals surface area contributed by atoms with Crippen LogP contribution in [0.3, 0.4) is 0 Å². The van der Waals surface area contributed by atoms with Gasteiger partial charge in [-0.05, 0) is 43.5 Å². The molecule has 0 saturated heterocycles. The van der Waals surface area contributed by atoms with Crippen molar-refractivity contribution in [1.29, 1.82) is 0 Å². The van der Waals surface area contributed by atoms with Gasteiger partial charge in [-0.3, -0.25) is 4.98 Å². The molecule has 3 nitrogen and oxygen atoms in total. The van der Waals surface area contributed by atoms with Gasteiger partial charge in [0.1, 0.15) is 5.75 Å². The number of nitrogens with zero attached hydrogens (tertiary/aromatic N) is 1. The maximum Gasteiger partial charge on any atom is 0.129 e. The molecule has 3 rings (SSSR count). The number of pyridine rings is 1. The van der Waals surface area contributed by atoms with E-state index in [2.05, 4.69) is 40.8 Å². The number of thiophene rings is 1. The minimum Gasteiger partial charge on any atom is -0.496 e. The molecule has 0 fully saturated rings. The molecule has 4 heteroatoms. The average molecular weight is 302 g/mol. The lowest BCUT2D eigenvalue weighted by atomic mass is 9.81. The number of aryl methyl sites for hydroxylation is 1. The summed E-state index contributed by atoms with van der Waals surface area (Å²) in [6.45, 7) is 3.13. The number of hydrogen-bond acceptors (Lipinski definition) is 4. The standard InChI is InChI=1S/C17H22N2OS/c1-3-18-17(15-10-13(20-2)11-21-15)14-8-4-6-12-7-5-9-19-16(12)14/h5,7,9-11,14,17-18H,3-4,6,8H2,1-2H3. The van der Waals surface area contributed by atoms with Crippen LogP contribution in [0.25, 0.3) is 0 Å². The summed E-state index contributed by atoms with van der Waals surface area (Å²) in [5, 5.41) is 5.75. The van der Waals surface area contributed by atoms with E-state index < -0.39 is 0 Å². The van der Waals surface area contributed by atoms with Crippen LogP contribution in [0.5, 0.6) is 5.75 Å². The molecule has 2 atom stereocenters. The Morgan fingerprint density at radius 1 is 1.52 bits per heavy atom. The van der Waals surface area contributed by atoms with E-state index >= 15 is 0 Å². The summed E-state index contributed by atoms with van der Waals surface area (Å²) in [5.41, 5.74) is 2.70. The van der Waals surface area contributed by atoms with Crippen molar-refractivity contribution in [1.82, 2.24) is 10.3 Å². The molecule has 0 amide bonds. The van der Waals surface area contributed by atoms with Gasteiger partial charge in [0.2, 0.25) is 0 Å². The van der Waals surface area contributed by atoms with Crippen LogP contribution in [0.15, 0.2) is 29.8 Å². The second kappa shape index (κ2) is 6.58. The highest BCUT2D eigenvalue weighted by atomic mass is 32.1. The second-order valence-corrected chi connectivity index (χ2v) is 6.41. The normalized spacial score (nSPS) is 19.0. The van der Waals surface area contributed by atoms with E-state index in [1.807, 2.05) is 6.20 Å². The summed E-state index contributed by atoms with van der Waals surface area (Å²) < 4.78 is 5.35. The van der Waals surface area contributed by atoms with E-state index in [1.165, 1.54) is 29.0 Å². The molecule has 1 N–H and O–H groups in total. The molecule has 0 radical (unpaired) electrons. The van der Waals surface area contributed by atoms with Gasteiger partial charge in [0, 0.05) is 28.1 Å². The Kier molecular flexibility index (Phi) is 4.56. The molecule has 2 heterocycles. The molecule has 2 aromatic heterocycles. The van der Waals surface area contributed by atoms with Crippen LogP contribution in [-0.2, 0) is 6.42 Å². The number of ether oxygens (including phenoxy) is 1. The summed E-state index contributed by atoms with van der Waals surface area (Å²) in [6.07, 6.45) is 5.52. The van der Waals surface area contributed by atoms with Crippen molar-refractivity contribution >= 4 is 11.3 Å². The van der Waals surface area contributed by atoms with Gasteiger partial charge >= 0.3 is 0 Å². The number of nitrogens with one attached hydrogen (secondary N) is 1. The van der Waals surface area contributed by atoms with Crippen LogP contribution in [-0.4, -0.2) is 18.6 Å². The van der Waals surface area contributed by atoms with Crippen molar-refractivity contribution in [3.8, 4) is 5.75 Å². The lowest BCUT2D eigenvalue weighted by Gasteiger charge is -2.31. The van der Waals surface area contributed by atoms with Crippen molar-refractivity contribution in [2.75, 3.05) is 13.7 Å². The minimum absolute atomic E-state index is 0.331. The number of hydrogen-bond donors (Lipinski definition) is 1. The molecule has 1 aliphatic carbocycles. The van der Waals surface area contributed by atoms with Crippen LogP contribution in [0.1, 0.15) is 47.9 Å². The zero-order valence-electron chi connectivity index (χ0n) is 12.6. The van der Waals surface area contributed by atoms with Crippen molar-refractivity contribution < 1.29 is 4.74 Å². The van der Waals surface area contributed by atoms with Gasteiger partial charge in [-0.2, -0.15) is 0 Å². The Morgan fingerprint density at radius 3 is 3.19 bits per heavy atom. The molecule has 21 heavy (non-hydrogen) atoms. The molecule has 0 saturated carbocycles. The zero-order valence-corrected chi connectivity index (χ0v) is 13.5. The molecule has 2 aromatic rings. The molecule has 2 unspecified atom stereocenters. The number of aromatic nitrogens is 1. The first-order chi connectivity index (χ1) is 10.3. The van der Waals surface area contributed by atoms with E-state index in [-0.39, 0.29) is 0 Å². The number of rotatable bonds is 5. The monoisotopic (exact) mass is 302 g/mol. The molecular formula is C17H22N2OS. The van der Waals surface area contributed by atoms with E-state index in [0.717, 1.165) is 18.7 Å². The molecule has 0 spiro atoms. The fourth-order valence-electron chi connectivity index (χ4n) is 3.24. The van der Waals surface area contributed by atoms with Crippen LogP contribution in [0.2, 0.25) is 0 Å². The third-order valence-corrected chi connectivity index (χ3v) is 5.20. The first-order valence-corrected chi connectivity index (χ1v) is 8.51. The highest BCUT2D eigenvalue weighted by Crippen LogP contribution is 2.41. The highest BCUT2D eigenvalue weighted by molar-refractivity contribution is 7.10. The average Bonchev–Trinajstić information content (AvgIpc) is 3.01. The van der Waals surface area contributed by atoms with Crippen LogP contribution >= 0.6 is 11.3 Å². The Bertz CT molecular complexity index is 596. The Labute approximate surface area is 130 Å². The molecule has 112 valence electrons. The third kappa shape index (κ3) is 2.97. The van der Waals surface area contributed by atoms with Gasteiger partial charge in [0.05, 0.1) is 13.2 Å². The minimum atomic E-state index is 0.331. The van der Waals surface area contributed by atoms with Crippen LogP contribution < -0.4 is 10.1 Å². The van der Waals surface area contributed by atoms with Gasteiger partial charge in [0.25, 0.3) is 0 Å². The molecular weight excluding hydrogens is 280 g/mol. The summed E-state index contributed by atoms with van der Waals surface area (Å²) in [4.78, 5) is 6.03. The molecule has 1 aliphatic rings. The van der Waals surface area contributed by atoms with Gasteiger partial charge in [0.15, 0.2) is 0 Å². The van der Waals surface area contributed by atoms with Crippen LogP contribution in [0.4, 0.5) is 0 Å². The number of fused-ring (bicyclic) bond motifs is 1. The summed E-state index contributed by atoms with van der Waals surface area (Å²) in [5.74, 6) is 1.41. The van der Waals surface area contributed by atoms with E-state index in [1.54, 1.807) is 18.4 Å². The maximum atomic E-state index is 5.35. The van der Waals surface area contributed by atoms with Crippen molar-refractivity contribution in [2.24, 2.45) is 0 Å². The fraction of sp³-hybridized carbons (Fsp3) is 0.471. The lowest BCUT2D eigenvalue weighted by molar-refractivity contribution is 0.399.